The van der Waals surface area contributed by atoms with Gasteiger partial charge in [-0.15, -0.1) is 0 Å². The van der Waals surface area contributed by atoms with Gasteiger partial charge in [-0.3, -0.25) is 4.79 Å². The molecule has 4 nitrogen and oxygen atoms in total. The molecule has 1 amide bonds. The van der Waals surface area contributed by atoms with E-state index in [1.807, 2.05) is 0 Å². The monoisotopic (exact) mass is 244 g/mol. The second-order valence-corrected chi connectivity index (χ2v) is 3.74. The van der Waals surface area contributed by atoms with Crippen LogP contribution in [0.5, 0.6) is 0 Å². The Hall–Kier alpha value is -1.53. The van der Waals surface area contributed by atoms with Crippen LogP contribution in [0.2, 0.25) is 0 Å². The van der Waals surface area contributed by atoms with Crippen LogP contribution >= 0.6 is 0 Å². The molecule has 4 N–H and O–H groups in total. The molecule has 0 aliphatic carbocycles. The van der Waals surface area contributed by atoms with Gasteiger partial charge in [-0.2, -0.15) is 0 Å². The summed E-state index contributed by atoms with van der Waals surface area (Å²) in [6.07, 6.45) is -0.784. The number of rotatable bonds is 4. The number of halogens is 2. The van der Waals surface area contributed by atoms with Gasteiger partial charge in [0.1, 0.15) is 11.6 Å². The minimum Gasteiger partial charge on any atom is -0.392 e. The van der Waals surface area contributed by atoms with Crippen LogP contribution in [0.3, 0.4) is 0 Å². The number of hydrogen-bond donors (Lipinski definition) is 3. The molecule has 2 unspecified atom stereocenters. The molecule has 17 heavy (non-hydrogen) atoms. The fourth-order valence-electron chi connectivity index (χ4n) is 1.15. The van der Waals surface area contributed by atoms with Crippen molar-refractivity contribution in [2.45, 2.75) is 19.1 Å². The van der Waals surface area contributed by atoms with Crippen LogP contribution in [-0.2, 0) is 0 Å². The zero-order valence-corrected chi connectivity index (χ0v) is 9.28. The lowest BCUT2D eigenvalue weighted by atomic mass is 10.1. The van der Waals surface area contributed by atoms with Crippen LogP contribution in [0.25, 0.3) is 0 Å². The van der Waals surface area contributed by atoms with Gasteiger partial charge < -0.3 is 16.2 Å². The average Bonchev–Trinajstić information content (AvgIpc) is 2.25. The third-order valence-electron chi connectivity index (χ3n) is 2.29. The highest BCUT2D eigenvalue weighted by Crippen LogP contribution is 2.09. The molecule has 0 saturated heterocycles. The topological polar surface area (TPSA) is 75.3 Å². The minimum atomic E-state index is -0.937. The molecule has 0 aliphatic rings. The van der Waals surface area contributed by atoms with E-state index >= 15 is 0 Å². The molecule has 0 saturated carbocycles. The molecular weight excluding hydrogens is 230 g/mol. The number of hydrogen-bond acceptors (Lipinski definition) is 3. The molecule has 94 valence electrons. The number of amides is 1. The molecule has 1 rings (SSSR count). The fraction of sp³-hybridized carbons (Fsp3) is 0.364. The maximum Gasteiger partial charge on any atom is 0.254 e. The van der Waals surface area contributed by atoms with Gasteiger partial charge in [0.2, 0.25) is 0 Å². The number of benzene rings is 1. The Labute approximate surface area is 97.4 Å². The number of nitrogens with one attached hydrogen (secondary N) is 1. The van der Waals surface area contributed by atoms with Crippen molar-refractivity contribution in [2.24, 2.45) is 5.73 Å². The number of aliphatic hydroxyl groups is 1. The van der Waals surface area contributed by atoms with E-state index in [4.69, 9.17) is 10.8 Å². The van der Waals surface area contributed by atoms with Gasteiger partial charge in [0, 0.05) is 18.7 Å². The van der Waals surface area contributed by atoms with E-state index in [9.17, 15) is 13.6 Å². The van der Waals surface area contributed by atoms with Crippen molar-refractivity contribution in [1.29, 1.82) is 0 Å². The maximum atomic E-state index is 13.2. The molecule has 1 aromatic carbocycles. The summed E-state index contributed by atoms with van der Waals surface area (Å²) in [6, 6.07) is 2.03. The lowest BCUT2D eigenvalue weighted by Gasteiger charge is -2.15. The molecular formula is C11H14F2N2O2. The highest BCUT2D eigenvalue weighted by Gasteiger charge is 2.15. The summed E-state index contributed by atoms with van der Waals surface area (Å²) in [5.74, 6) is -2.38. The van der Waals surface area contributed by atoms with Gasteiger partial charge in [-0.05, 0) is 19.1 Å². The summed E-state index contributed by atoms with van der Waals surface area (Å²) >= 11 is 0. The Balaban J connectivity index is 2.64. The predicted molar refractivity (Wildman–Crippen MR) is 58.3 cm³/mol. The van der Waals surface area contributed by atoms with Crippen molar-refractivity contribution in [1.82, 2.24) is 5.32 Å². The predicted octanol–water partition coefficient (Wildman–Crippen LogP) is 0.403. The van der Waals surface area contributed by atoms with Crippen molar-refractivity contribution in [3.05, 3.63) is 35.4 Å². The van der Waals surface area contributed by atoms with Gasteiger partial charge in [0.05, 0.1) is 11.7 Å². The standard InChI is InChI=1S/C11H14F2N2O2/c1-6(16)10(14)5-15-11(17)8-3-2-7(12)4-9(8)13/h2-4,6,10,16H,5,14H2,1H3,(H,15,17). The van der Waals surface area contributed by atoms with Crippen LogP contribution in [0.4, 0.5) is 8.78 Å². The molecule has 0 fully saturated rings. The molecule has 0 aromatic heterocycles. The molecule has 0 aliphatic heterocycles. The van der Waals surface area contributed by atoms with Crippen LogP contribution in [0, 0.1) is 11.6 Å². The summed E-state index contributed by atoms with van der Waals surface area (Å²) in [5, 5.41) is 11.4. The normalized spacial score (nSPS) is 14.2. The van der Waals surface area contributed by atoms with E-state index in [0.29, 0.717) is 6.07 Å². The molecule has 0 bridgehead atoms. The van der Waals surface area contributed by atoms with Gasteiger partial charge in [0.15, 0.2) is 0 Å². The van der Waals surface area contributed by atoms with E-state index in [1.54, 1.807) is 0 Å². The Morgan fingerprint density at radius 1 is 1.53 bits per heavy atom. The zero-order valence-electron chi connectivity index (χ0n) is 9.28. The summed E-state index contributed by atoms with van der Waals surface area (Å²) in [6.45, 7) is 1.49. The van der Waals surface area contributed by atoms with E-state index in [1.165, 1.54) is 6.92 Å². The van der Waals surface area contributed by atoms with Crippen LogP contribution < -0.4 is 11.1 Å². The number of carbonyl (C=O) groups is 1. The first kappa shape index (κ1) is 13.5. The first-order chi connectivity index (χ1) is 7.91. The third-order valence-corrected chi connectivity index (χ3v) is 2.29. The summed E-state index contributed by atoms with van der Waals surface area (Å²) in [5.41, 5.74) is 5.23. The van der Waals surface area contributed by atoms with Crippen LogP contribution in [0.15, 0.2) is 18.2 Å². The van der Waals surface area contributed by atoms with Crippen molar-refractivity contribution < 1.29 is 18.7 Å². The second-order valence-electron chi connectivity index (χ2n) is 3.74. The first-order valence-corrected chi connectivity index (χ1v) is 5.08. The van der Waals surface area contributed by atoms with Crippen LogP contribution in [-0.4, -0.2) is 29.7 Å². The Morgan fingerprint density at radius 3 is 2.71 bits per heavy atom. The van der Waals surface area contributed by atoms with Gasteiger partial charge >= 0.3 is 0 Å². The lowest BCUT2D eigenvalue weighted by Crippen LogP contribution is -2.43. The summed E-state index contributed by atoms with van der Waals surface area (Å²) in [7, 11) is 0. The molecule has 2 atom stereocenters. The zero-order chi connectivity index (χ0) is 13.0. The summed E-state index contributed by atoms with van der Waals surface area (Å²) < 4.78 is 25.8. The summed E-state index contributed by atoms with van der Waals surface area (Å²) in [4.78, 5) is 11.5. The Kier molecular flexibility index (Phi) is 4.53. The SMILES string of the molecule is CC(O)C(N)CNC(=O)c1ccc(F)cc1F. The molecule has 0 radical (unpaired) electrons. The van der Waals surface area contributed by atoms with Gasteiger partial charge in [-0.25, -0.2) is 8.78 Å². The third kappa shape index (κ3) is 3.76. The fourth-order valence-corrected chi connectivity index (χ4v) is 1.15. The van der Waals surface area contributed by atoms with E-state index in [2.05, 4.69) is 5.32 Å². The van der Waals surface area contributed by atoms with Crippen molar-refractivity contribution in [2.75, 3.05) is 6.54 Å². The number of nitrogens with two attached hydrogens (primary N) is 1. The molecule has 0 spiro atoms. The van der Waals surface area contributed by atoms with Gasteiger partial charge in [-0.1, -0.05) is 0 Å². The van der Waals surface area contributed by atoms with Crippen molar-refractivity contribution >= 4 is 5.91 Å². The van der Waals surface area contributed by atoms with Crippen molar-refractivity contribution in [3.8, 4) is 0 Å². The molecule has 1 aromatic rings. The Bertz CT molecular complexity index is 410. The lowest BCUT2D eigenvalue weighted by molar-refractivity contribution is 0.0933. The highest BCUT2D eigenvalue weighted by molar-refractivity contribution is 5.94. The second kappa shape index (κ2) is 5.70. The van der Waals surface area contributed by atoms with Crippen LogP contribution in [0.1, 0.15) is 17.3 Å². The average molecular weight is 244 g/mol. The van der Waals surface area contributed by atoms with Gasteiger partial charge in [0.25, 0.3) is 5.91 Å². The smallest absolute Gasteiger partial charge is 0.254 e. The van der Waals surface area contributed by atoms with E-state index in [0.717, 1.165) is 12.1 Å². The maximum absolute atomic E-state index is 13.2. The molecule has 0 heterocycles. The van der Waals surface area contributed by atoms with Crippen molar-refractivity contribution in [3.63, 3.8) is 0 Å². The molecule has 6 heteroatoms. The quantitative estimate of drug-likeness (QED) is 0.717. The highest BCUT2D eigenvalue weighted by atomic mass is 19.1. The first-order valence-electron chi connectivity index (χ1n) is 5.08. The van der Waals surface area contributed by atoms with E-state index in [-0.39, 0.29) is 12.1 Å². The minimum absolute atomic E-state index is 0.00726. The number of carbonyl (C=O) groups excluding carboxylic acids is 1. The van der Waals surface area contributed by atoms with E-state index < -0.39 is 29.7 Å². The Morgan fingerprint density at radius 2 is 2.18 bits per heavy atom. The largest absolute Gasteiger partial charge is 0.392 e. The number of aliphatic hydroxyl groups excluding tert-OH is 1.